The number of ether oxygens (including phenoxy) is 2. The van der Waals surface area contributed by atoms with Crippen LogP contribution >= 0.6 is 0 Å². The number of carbonyl (C=O) groups is 2. The van der Waals surface area contributed by atoms with Crippen molar-refractivity contribution in [2.75, 3.05) is 13.4 Å². The highest BCUT2D eigenvalue weighted by Gasteiger charge is 2.13. The standard InChI is InChI=1S/C18H18O6S/c1-12(19)14-6-9-17(23-2)15(10-14)11-24-18(20)13-4-7-16(8-5-13)25(3,21)22/h4-10H,11H2,1-3H3. The molecule has 0 amide bonds. The highest BCUT2D eigenvalue weighted by Crippen LogP contribution is 2.22. The lowest BCUT2D eigenvalue weighted by Crippen LogP contribution is -2.07. The van der Waals surface area contributed by atoms with E-state index in [1.807, 2.05) is 0 Å². The Balaban J connectivity index is 2.14. The van der Waals surface area contributed by atoms with Gasteiger partial charge in [-0.25, -0.2) is 13.2 Å². The third-order valence-electron chi connectivity index (χ3n) is 3.56. The first kappa shape index (κ1) is 18.7. The molecule has 0 radical (unpaired) electrons. The van der Waals surface area contributed by atoms with Gasteiger partial charge in [0, 0.05) is 17.4 Å². The first-order valence-electron chi connectivity index (χ1n) is 7.37. The van der Waals surface area contributed by atoms with Crippen LogP contribution < -0.4 is 4.74 Å². The maximum atomic E-state index is 12.1. The Morgan fingerprint density at radius 3 is 2.12 bits per heavy atom. The molecule has 0 aliphatic heterocycles. The van der Waals surface area contributed by atoms with Gasteiger partial charge in [-0.05, 0) is 49.4 Å². The lowest BCUT2D eigenvalue weighted by atomic mass is 10.1. The van der Waals surface area contributed by atoms with Crippen molar-refractivity contribution in [2.24, 2.45) is 0 Å². The Labute approximate surface area is 146 Å². The summed E-state index contributed by atoms with van der Waals surface area (Å²) in [6, 6.07) is 10.4. The van der Waals surface area contributed by atoms with Crippen molar-refractivity contribution in [3.63, 3.8) is 0 Å². The van der Waals surface area contributed by atoms with Crippen molar-refractivity contribution in [2.45, 2.75) is 18.4 Å². The molecule has 0 unspecified atom stereocenters. The Morgan fingerprint density at radius 1 is 1.00 bits per heavy atom. The van der Waals surface area contributed by atoms with Crippen LogP contribution in [0.2, 0.25) is 0 Å². The van der Waals surface area contributed by atoms with E-state index in [0.29, 0.717) is 16.9 Å². The highest BCUT2D eigenvalue weighted by atomic mass is 32.2. The number of esters is 1. The molecule has 6 nitrogen and oxygen atoms in total. The summed E-state index contributed by atoms with van der Waals surface area (Å²) in [6.07, 6.45) is 1.09. The summed E-state index contributed by atoms with van der Waals surface area (Å²) in [5, 5.41) is 0. The second-order valence-electron chi connectivity index (χ2n) is 5.46. The minimum Gasteiger partial charge on any atom is -0.496 e. The van der Waals surface area contributed by atoms with Gasteiger partial charge in [-0.1, -0.05) is 0 Å². The van der Waals surface area contributed by atoms with Crippen LogP contribution in [0, 0.1) is 0 Å². The van der Waals surface area contributed by atoms with Gasteiger partial charge in [-0.15, -0.1) is 0 Å². The molecule has 25 heavy (non-hydrogen) atoms. The van der Waals surface area contributed by atoms with Gasteiger partial charge in [0.2, 0.25) is 0 Å². The number of hydrogen-bond acceptors (Lipinski definition) is 6. The number of hydrogen-bond donors (Lipinski definition) is 0. The van der Waals surface area contributed by atoms with E-state index in [4.69, 9.17) is 9.47 Å². The normalized spacial score (nSPS) is 11.0. The van der Waals surface area contributed by atoms with Crippen LogP contribution in [0.25, 0.3) is 0 Å². The Morgan fingerprint density at radius 2 is 1.60 bits per heavy atom. The number of sulfone groups is 1. The molecule has 0 heterocycles. The first-order valence-corrected chi connectivity index (χ1v) is 9.26. The number of Topliss-reactive ketones (excluding diaryl/α,β-unsaturated/α-hetero) is 1. The Hall–Kier alpha value is -2.67. The van der Waals surface area contributed by atoms with Crippen molar-refractivity contribution >= 4 is 21.6 Å². The summed E-state index contributed by atoms with van der Waals surface area (Å²) in [5.41, 5.74) is 1.29. The van der Waals surface area contributed by atoms with Crippen LogP contribution in [0.3, 0.4) is 0 Å². The van der Waals surface area contributed by atoms with Crippen molar-refractivity contribution in [3.8, 4) is 5.75 Å². The molecule has 0 saturated heterocycles. The van der Waals surface area contributed by atoms with Crippen LogP contribution in [0.15, 0.2) is 47.4 Å². The van der Waals surface area contributed by atoms with E-state index in [1.54, 1.807) is 18.2 Å². The summed E-state index contributed by atoms with van der Waals surface area (Å²) in [5.74, 6) is -0.202. The van der Waals surface area contributed by atoms with Gasteiger partial charge in [-0.2, -0.15) is 0 Å². The van der Waals surface area contributed by atoms with Crippen molar-refractivity contribution in [1.82, 2.24) is 0 Å². The van der Waals surface area contributed by atoms with Crippen LogP contribution in [0.1, 0.15) is 33.2 Å². The third-order valence-corrected chi connectivity index (χ3v) is 4.69. The number of benzene rings is 2. The zero-order valence-corrected chi connectivity index (χ0v) is 14.9. The molecule has 0 aliphatic carbocycles. The second-order valence-corrected chi connectivity index (χ2v) is 7.47. The third kappa shape index (κ3) is 4.67. The summed E-state index contributed by atoms with van der Waals surface area (Å²) in [7, 11) is -1.84. The summed E-state index contributed by atoms with van der Waals surface area (Å²) < 4.78 is 33.3. The van der Waals surface area contributed by atoms with E-state index >= 15 is 0 Å². The average molecular weight is 362 g/mol. The monoisotopic (exact) mass is 362 g/mol. The highest BCUT2D eigenvalue weighted by molar-refractivity contribution is 7.90. The molecular formula is C18H18O6S. The maximum Gasteiger partial charge on any atom is 0.338 e. The smallest absolute Gasteiger partial charge is 0.338 e. The van der Waals surface area contributed by atoms with Gasteiger partial charge in [-0.3, -0.25) is 4.79 Å². The van der Waals surface area contributed by atoms with Gasteiger partial charge >= 0.3 is 5.97 Å². The molecule has 132 valence electrons. The average Bonchev–Trinajstić information content (AvgIpc) is 2.58. The molecule has 0 aliphatic rings. The Kier molecular flexibility index (Phi) is 5.58. The molecule has 0 atom stereocenters. The lowest BCUT2D eigenvalue weighted by molar-refractivity contribution is 0.0470. The van der Waals surface area contributed by atoms with Gasteiger partial charge in [0.15, 0.2) is 15.6 Å². The van der Waals surface area contributed by atoms with Crippen LogP contribution in [-0.2, 0) is 21.2 Å². The molecule has 0 spiro atoms. The van der Waals surface area contributed by atoms with E-state index in [0.717, 1.165) is 6.26 Å². The number of rotatable bonds is 6. The quantitative estimate of drug-likeness (QED) is 0.580. The predicted octanol–water partition coefficient (Wildman–Crippen LogP) is 2.66. The lowest BCUT2D eigenvalue weighted by Gasteiger charge is -2.11. The van der Waals surface area contributed by atoms with Crippen molar-refractivity contribution in [1.29, 1.82) is 0 Å². The van der Waals surface area contributed by atoms with E-state index in [9.17, 15) is 18.0 Å². The number of carbonyl (C=O) groups excluding carboxylic acids is 2. The van der Waals surface area contributed by atoms with Gasteiger partial charge < -0.3 is 9.47 Å². The zero-order valence-electron chi connectivity index (χ0n) is 14.1. The predicted molar refractivity (Wildman–Crippen MR) is 91.7 cm³/mol. The summed E-state index contributed by atoms with van der Waals surface area (Å²) >= 11 is 0. The minimum atomic E-state index is -3.32. The summed E-state index contributed by atoms with van der Waals surface area (Å²) in [6.45, 7) is 1.37. The molecule has 2 rings (SSSR count). The number of ketones is 1. The van der Waals surface area contributed by atoms with E-state index < -0.39 is 15.8 Å². The minimum absolute atomic E-state index is 0.0725. The molecule has 2 aromatic carbocycles. The van der Waals surface area contributed by atoms with Gasteiger partial charge in [0.05, 0.1) is 17.6 Å². The molecule has 0 aromatic heterocycles. The molecule has 0 fully saturated rings. The molecular weight excluding hydrogens is 344 g/mol. The number of methoxy groups -OCH3 is 1. The van der Waals surface area contributed by atoms with Crippen molar-refractivity contribution in [3.05, 3.63) is 59.2 Å². The van der Waals surface area contributed by atoms with Crippen LogP contribution in [0.4, 0.5) is 0 Å². The first-order chi connectivity index (χ1) is 11.7. The fraction of sp³-hybridized carbons (Fsp3) is 0.222. The molecule has 7 heteroatoms. The van der Waals surface area contributed by atoms with Crippen molar-refractivity contribution < 1.29 is 27.5 Å². The molecule has 0 N–H and O–H groups in total. The fourth-order valence-electron chi connectivity index (χ4n) is 2.18. The van der Waals surface area contributed by atoms with E-state index in [1.165, 1.54) is 38.3 Å². The van der Waals surface area contributed by atoms with E-state index in [2.05, 4.69) is 0 Å². The SMILES string of the molecule is COc1ccc(C(C)=O)cc1COC(=O)c1ccc(S(C)(=O)=O)cc1. The summed E-state index contributed by atoms with van der Waals surface area (Å²) in [4.78, 5) is 23.7. The fourth-order valence-corrected chi connectivity index (χ4v) is 2.81. The zero-order chi connectivity index (χ0) is 18.6. The van der Waals surface area contributed by atoms with Gasteiger partial charge in [0.25, 0.3) is 0 Å². The molecule has 0 saturated carbocycles. The molecule has 0 bridgehead atoms. The van der Waals surface area contributed by atoms with Crippen LogP contribution in [0.5, 0.6) is 5.75 Å². The second kappa shape index (κ2) is 7.48. The van der Waals surface area contributed by atoms with E-state index in [-0.39, 0.29) is 22.8 Å². The Bertz CT molecular complexity index is 898. The van der Waals surface area contributed by atoms with Crippen LogP contribution in [-0.4, -0.2) is 33.5 Å². The van der Waals surface area contributed by atoms with Gasteiger partial charge in [0.1, 0.15) is 12.4 Å². The molecule has 2 aromatic rings. The maximum absolute atomic E-state index is 12.1. The largest absolute Gasteiger partial charge is 0.496 e. The topological polar surface area (TPSA) is 86.7 Å².